The second-order valence-corrected chi connectivity index (χ2v) is 7.15. The van der Waals surface area contributed by atoms with Crippen LogP contribution in [0.3, 0.4) is 0 Å². The minimum absolute atomic E-state index is 0.0652. The van der Waals surface area contributed by atoms with E-state index in [1.165, 1.54) is 23.5 Å². The number of nitrogens with one attached hydrogen (secondary N) is 1. The number of ether oxygens (including phenoxy) is 1. The zero-order valence-electron chi connectivity index (χ0n) is 14.3. The van der Waals surface area contributed by atoms with Crippen LogP contribution in [-0.4, -0.2) is 15.9 Å². The van der Waals surface area contributed by atoms with Crippen molar-refractivity contribution in [1.29, 1.82) is 0 Å². The van der Waals surface area contributed by atoms with Gasteiger partial charge < -0.3 is 9.15 Å². The Bertz CT molecular complexity index is 1200. The van der Waals surface area contributed by atoms with Crippen molar-refractivity contribution in [2.24, 2.45) is 0 Å². The van der Waals surface area contributed by atoms with E-state index in [1.54, 1.807) is 12.1 Å². The molecule has 1 amide bonds. The number of hydrogen-bond donors (Lipinski definition) is 1. The van der Waals surface area contributed by atoms with E-state index in [1.807, 2.05) is 24.3 Å². The van der Waals surface area contributed by atoms with Gasteiger partial charge in [0.25, 0.3) is 5.91 Å². The first-order chi connectivity index (χ1) is 13.7. The number of hydrogen-bond acceptors (Lipinski definition) is 6. The standard InChI is InChI=1S/C20H12FN3O3S/c21-12-5-3-4-11(8-12)18-17(22-10-27-18)19(25)24-20-23-16-13-6-1-2-7-14(13)26-9-15(16)28-20/h1-8,10H,9H2,(H,23,24,25). The summed E-state index contributed by atoms with van der Waals surface area (Å²) in [4.78, 5) is 22.2. The number of rotatable bonds is 3. The van der Waals surface area contributed by atoms with Crippen LogP contribution in [0.15, 0.2) is 59.3 Å². The van der Waals surface area contributed by atoms with Crippen molar-refractivity contribution in [2.45, 2.75) is 6.61 Å². The molecule has 0 saturated heterocycles. The van der Waals surface area contributed by atoms with Gasteiger partial charge in [-0.3, -0.25) is 10.1 Å². The molecule has 0 bridgehead atoms. The first kappa shape index (κ1) is 16.6. The molecule has 0 saturated carbocycles. The summed E-state index contributed by atoms with van der Waals surface area (Å²) in [6.45, 7) is 0.401. The fourth-order valence-corrected chi connectivity index (χ4v) is 3.93. The Morgan fingerprint density at radius 1 is 1.18 bits per heavy atom. The van der Waals surface area contributed by atoms with E-state index >= 15 is 0 Å². The highest BCUT2D eigenvalue weighted by atomic mass is 32.1. The number of fused-ring (bicyclic) bond motifs is 3. The van der Waals surface area contributed by atoms with Gasteiger partial charge in [-0.05, 0) is 24.3 Å². The van der Waals surface area contributed by atoms with E-state index in [0.29, 0.717) is 17.3 Å². The normalized spacial score (nSPS) is 12.0. The molecule has 5 rings (SSSR count). The topological polar surface area (TPSA) is 77.2 Å². The highest BCUT2D eigenvalue weighted by Gasteiger charge is 2.24. The number of anilines is 1. The fourth-order valence-electron chi connectivity index (χ4n) is 3.04. The Hall–Kier alpha value is -3.52. The molecule has 8 heteroatoms. The SMILES string of the molecule is O=C(Nc1nc2c(s1)COc1ccccc1-2)c1ncoc1-c1cccc(F)c1. The maximum Gasteiger partial charge on any atom is 0.280 e. The number of aromatic nitrogens is 2. The third-order valence-corrected chi connectivity index (χ3v) is 5.23. The molecule has 0 fully saturated rings. The third kappa shape index (κ3) is 2.84. The number of nitrogens with zero attached hydrogens (tertiary/aromatic N) is 2. The number of benzene rings is 2. The summed E-state index contributed by atoms with van der Waals surface area (Å²) >= 11 is 1.34. The van der Waals surface area contributed by atoms with Crippen molar-refractivity contribution >= 4 is 22.4 Å². The van der Waals surface area contributed by atoms with Crippen LogP contribution in [0, 0.1) is 5.82 Å². The van der Waals surface area contributed by atoms with Crippen LogP contribution in [0.5, 0.6) is 5.75 Å². The van der Waals surface area contributed by atoms with Gasteiger partial charge in [-0.25, -0.2) is 14.4 Å². The molecular weight excluding hydrogens is 381 g/mol. The van der Waals surface area contributed by atoms with E-state index < -0.39 is 11.7 Å². The van der Waals surface area contributed by atoms with Crippen LogP contribution in [0.25, 0.3) is 22.6 Å². The van der Waals surface area contributed by atoms with E-state index in [0.717, 1.165) is 28.3 Å². The summed E-state index contributed by atoms with van der Waals surface area (Å²) in [5, 5.41) is 3.19. The summed E-state index contributed by atoms with van der Waals surface area (Å²) < 4.78 is 24.5. The molecule has 138 valence electrons. The molecule has 2 aromatic heterocycles. The number of oxazole rings is 1. The molecule has 4 aromatic rings. The van der Waals surface area contributed by atoms with Crippen LogP contribution in [0.1, 0.15) is 15.4 Å². The molecule has 0 unspecified atom stereocenters. The van der Waals surface area contributed by atoms with Gasteiger partial charge in [0.1, 0.15) is 18.2 Å². The van der Waals surface area contributed by atoms with E-state index in [9.17, 15) is 9.18 Å². The molecule has 0 aliphatic carbocycles. The Labute approximate surface area is 162 Å². The molecule has 0 spiro atoms. The van der Waals surface area contributed by atoms with Crippen molar-refractivity contribution < 1.29 is 18.3 Å². The van der Waals surface area contributed by atoms with Gasteiger partial charge >= 0.3 is 0 Å². The average molecular weight is 393 g/mol. The maximum absolute atomic E-state index is 13.5. The van der Waals surface area contributed by atoms with Crippen molar-refractivity contribution in [3.63, 3.8) is 0 Å². The van der Waals surface area contributed by atoms with E-state index in [2.05, 4.69) is 15.3 Å². The lowest BCUT2D eigenvalue weighted by Gasteiger charge is -2.15. The summed E-state index contributed by atoms with van der Waals surface area (Å²) in [6.07, 6.45) is 1.16. The number of carbonyl (C=O) groups excluding carboxylic acids is 1. The zero-order valence-corrected chi connectivity index (χ0v) is 15.1. The first-order valence-corrected chi connectivity index (χ1v) is 9.23. The van der Waals surface area contributed by atoms with Gasteiger partial charge in [0.05, 0.1) is 10.6 Å². The lowest BCUT2D eigenvalue weighted by Crippen LogP contribution is -2.13. The minimum atomic E-state index is -0.478. The summed E-state index contributed by atoms with van der Waals surface area (Å²) in [5.41, 5.74) is 2.19. The molecule has 0 radical (unpaired) electrons. The zero-order chi connectivity index (χ0) is 19.1. The smallest absolute Gasteiger partial charge is 0.280 e. The predicted molar refractivity (Wildman–Crippen MR) is 102 cm³/mol. The molecule has 1 aliphatic heterocycles. The molecule has 1 N–H and O–H groups in total. The Morgan fingerprint density at radius 3 is 2.96 bits per heavy atom. The number of amides is 1. The van der Waals surface area contributed by atoms with Crippen molar-refractivity contribution in [3.8, 4) is 28.3 Å². The second kappa shape index (κ2) is 6.58. The van der Waals surface area contributed by atoms with Crippen LogP contribution in [0.2, 0.25) is 0 Å². The number of para-hydroxylation sites is 1. The molecule has 1 aliphatic rings. The maximum atomic E-state index is 13.5. The van der Waals surface area contributed by atoms with E-state index in [-0.39, 0.29) is 11.5 Å². The molecule has 6 nitrogen and oxygen atoms in total. The Balaban J connectivity index is 1.44. The highest BCUT2D eigenvalue weighted by molar-refractivity contribution is 7.16. The predicted octanol–water partition coefficient (Wildman–Crippen LogP) is 4.75. The highest BCUT2D eigenvalue weighted by Crippen LogP contribution is 2.40. The molecule has 28 heavy (non-hydrogen) atoms. The summed E-state index contributed by atoms with van der Waals surface area (Å²) in [7, 11) is 0. The molecule has 2 aromatic carbocycles. The van der Waals surface area contributed by atoms with Crippen LogP contribution < -0.4 is 10.1 Å². The number of thiazole rings is 1. The number of halogens is 1. The van der Waals surface area contributed by atoms with Crippen molar-refractivity contribution in [1.82, 2.24) is 9.97 Å². The van der Waals surface area contributed by atoms with Crippen molar-refractivity contribution in [2.75, 3.05) is 5.32 Å². The minimum Gasteiger partial charge on any atom is -0.487 e. The average Bonchev–Trinajstić information content (AvgIpc) is 3.35. The summed E-state index contributed by atoms with van der Waals surface area (Å²) in [5.74, 6) is 0.0647. The van der Waals surface area contributed by atoms with Crippen LogP contribution in [-0.2, 0) is 6.61 Å². The number of carbonyl (C=O) groups is 1. The van der Waals surface area contributed by atoms with Gasteiger partial charge in [0.2, 0.25) is 0 Å². The summed E-state index contributed by atoms with van der Waals surface area (Å²) in [6, 6.07) is 13.4. The van der Waals surface area contributed by atoms with Crippen molar-refractivity contribution in [3.05, 3.63) is 71.3 Å². The molecule has 0 atom stereocenters. The quantitative estimate of drug-likeness (QED) is 0.544. The van der Waals surface area contributed by atoms with Crippen LogP contribution in [0.4, 0.5) is 9.52 Å². The Kier molecular flexibility index (Phi) is 3.91. The Morgan fingerprint density at radius 2 is 2.07 bits per heavy atom. The van der Waals surface area contributed by atoms with Gasteiger partial charge in [-0.15, -0.1) is 0 Å². The molecule has 3 heterocycles. The lowest BCUT2D eigenvalue weighted by atomic mass is 10.1. The van der Waals surface area contributed by atoms with Gasteiger partial charge in [0, 0.05) is 11.1 Å². The monoisotopic (exact) mass is 393 g/mol. The second-order valence-electron chi connectivity index (χ2n) is 6.07. The molecular formula is C20H12FN3O3S. The van der Waals surface area contributed by atoms with Gasteiger partial charge in [-0.1, -0.05) is 35.6 Å². The van der Waals surface area contributed by atoms with E-state index in [4.69, 9.17) is 9.15 Å². The van der Waals surface area contributed by atoms with Crippen LogP contribution >= 0.6 is 11.3 Å². The third-order valence-electron chi connectivity index (χ3n) is 4.29. The largest absolute Gasteiger partial charge is 0.487 e. The van der Waals surface area contributed by atoms with Gasteiger partial charge in [-0.2, -0.15) is 0 Å². The first-order valence-electron chi connectivity index (χ1n) is 8.42. The fraction of sp³-hybridized carbons (Fsp3) is 0.0500. The van der Waals surface area contributed by atoms with Gasteiger partial charge in [0.15, 0.2) is 23.0 Å². The lowest BCUT2D eigenvalue weighted by molar-refractivity contribution is 0.102.